The molecular formula is C33H45N7O9. The van der Waals surface area contributed by atoms with Crippen LogP contribution in [0.1, 0.15) is 57.6 Å². The second-order valence-corrected chi connectivity index (χ2v) is 12.3. The van der Waals surface area contributed by atoms with E-state index < -0.39 is 58.6 Å². The van der Waals surface area contributed by atoms with Crippen LogP contribution in [0.5, 0.6) is 0 Å². The van der Waals surface area contributed by atoms with Crippen molar-refractivity contribution in [1.82, 2.24) is 21.0 Å². The molecule has 0 radical (unpaired) electrons. The molecule has 0 unspecified atom stereocenters. The number of likely N-dealkylation sites (tertiary alicyclic amines) is 1. The van der Waals surface area contributed by atoms with E-state index in [1.807, 2.05) is 36.4 Å². The number of alkyl carbamates (subject to hydrolysis) is 1. The number of nitrogens with one attached hydrogen (secondary N) is 3. The second kappa shape index (κ2) is 18.9. The Balaban J connectivity index is 1.71. The lowest BCUT2D eigenvalue weighted by molar-refractivity contribution is -0.525. The average molecular weight is 684 g/mol. The summed E-state index contributed by atoms with van der Waals surface area (Å²) in [6.07, 6.45) is 0.312. The van der Waals surface area contributed by atoms with Gasteiger partial charge in [-0.05, 0) is 57.6 Å². The molecule has 1 aliphatic heterocycles. The Bertz CT molecular complexity index is 1430. The van der Waals surface area contributed by atoms with Gasteiger partial charge >= 0.3 is 12.1 Å². The third-order valence-electron chi connectivity index (χ3n) is 7.19. The molecule has 2 aromatic carbocycles. The number of amides is 3. The number of nitro groups is 1. The molecule has 1 saturated heterocycles. The predicted octanol–water partition coefficient (Wildman–Crippen LogP) is 2.19. The zero-order chi connectivity index (χ0) is 35.8. The van der Waals surface area contributed by atoms with Gasteiger partial charge in [0.1, 0.15) is 30.3 Å². The Morgan fingerprint density at radius 1 is 1.00 bits per heavy atom. The van der Waals surface area contributed by atoms with Gasteiger partial charge in [0.25, 0.3) is 5.96 Å². The van der Waals surface area contributed by atoms with E-state index in [2.05, 4.69) is 15.6 Å². The molecular weight excluding hydrogens is 638 g/mol. The predicted molar refractivity (Wildman–Crippen MR) is 178 cm³/mol. The van der Waals surface area contributed by atoms with Gasteiger partial charge in [-0.15, -0.1) is 0 Å². The van der Waals surface area contributed by atoms with Crippen molar-refractivity contribution >= 4 is 29.8 Å². The lowest BCUT2D eigenvalue weighted by atomic mass is 10.1. The van der Waals surface area contributed by atoms with Crippen LogP contribution in [-0.4, -0.2) is 83.2 Å². The van der Waals surface area contributed by atoms with E-state index in [0.717, 1.165) is 11.1 Å². The van der Waals surface area contributed by atoms with Gasteiger partial charge in [0.05, 0.1) is 13.2 Å². The molecule has 5 N–H and O–H groups in total. The minimum absolute atomic E-state index is 0.0278. The van der Waals surface area contributed by atoms with Crippen LogP contribution in [-0.2, 0) is 41.8 Å². The maximum Gasteiger partial charge on any atom is 0.408 e. The highest BCUT2D eigenvalue weighted by Gasteiger charge is 2.39. The van der Waals surface area contributed by atoms with Crippen molar-refractivity contribution in [3.8, 4) is 0 Å². The molecule has 16 heteroatoms. The van der Waals surface area contributed by atoms with Crippen molar-refractivity contribution < 1.29 is 38.4 Å². The van der Waals surface area contributed by atoms with E-state index >= 15 is 0 Å². The Morgan fingerprint density at radius 2 is 1.63 bits per heavy atom. The molecule has 3 rings (SSSR count). The molecule has 3 amide bonds. The van der Waals surface area contributed by atoms with Gasteiger partial charge in [-0.25, -0.2) is 24.7 Å². The van der Waals surface area contributed by atoms with E-state index in [4.69, 9.17) is 19.9 Å². The summed E-state index contributed by atoms with van der Waals surface area (Å²) >= 11 is 0. The minimum Gasteiger partial charge on any atom is -0.459 e. The fourth-order valence-corrected chi connectivity index (χ4v) is 4.97. The van der Waals surface area contributed by atoms with Gasteiger partial charge in [0.15, 0.2) is 5.03 Å². The zero-order valence-corrected chi connectivity index (χ0v) is 28.0. The first-order valence-electron chi connectivity index (χ1n) is 16.0. The molecule has 1 aliphatic rings. The maximum absolute atomic E-state index is 13.9. The lowest BCUT2D eigenvalue weighted by Crippen LogP contribution is -2.56. The quantitative estimate of drug-likeness (QED) is 0.0502. The maximum atomic E-state index is 13.9. The monoisotopic (exact) mass is 683 g/mol. The SMILES string of the molecule is CC(C)(C)OC(=O)N[C@@H](COCc1ccccc1)C(=O)N1CCC[C@H]1C(=O)N[C@@H](CCCN=C(N)N[N+](=O)[O-])C(=O)OCc1ccccc1. The summed E-state index contributed by atoms with van der Waals surface area (Å²) in [5.74, 6) is -2.22. The van der Waals surface area contributed by atoms with Crippen LogP contribution < -0.4 is 21.8 Å². The largest absolute Gasteiger partial charge is 0.459 e. The zero-order valence-electron chi connectivity index (χ0n) is 28.0. The second-order valence-electron chi connectivity index (χ2n) is 12.3. The minimum atomic E-state index is -1.16. The van der Waals surface area contributed by atoms with Crippen molar-refractivity contribution in [2.24, 2.45) is 10.7 Å². The van der Waals surface area contributed by atoms with E-state index in [9.17, 15) is 29.3 Å². The Labute approximate surface area is 284 Å². The molecule has 0 saturated carbocycles. The standard InChI is InChI=1S/C33H45N7O9/c1-33(2,3)49-32(44)37-26(22-47-20-23-12-6-4-7-13-23)29(42)39-19-11-17-27(39)28(41)36-25(16-10-18-35-31(34)38-40(45)46)30(43)48-21-24-14-8-5-9-15-24/h4-9,12-15,25-27H,10-11,16-22H2,1-3H3,(H,36,41)(H,37,44)(H3,34,35,38)/t25-,26-,27-/m0/s1. The summed E-state index contributed by atoms with van der Waals surface area (Å²) < 4.78 is 16.7. The smallest absolute Gasteiger partial charge is 0.408 e. The van der Waals surface area contributed by atoms with Crippen molar-refractivity contribution in [2.75, 3.05) is 19.7 Å². The third-order valence-corrected chi connectivity index (χ3v) is 7.19. The van der Waals surface area contributed by atoms with Crippen LogP contribution in [0, 0.1) is 10.1 Å². The number of guanidine groups is 1. The van der Waals surface area contributed by atoms with E-state index in [0.29, 0.717) is 12.8 Å². The highest BCUT2D eigenvalue weighted by Crippen LogP contribution is 2.20. The number of carbonyl (C=O) groups excluding carboxylic acids is 4. The molecule has 0 spiro atoms. The molecule has 49 heavy (non-hydrogen) atoms. The third kappa shape index (κ3) is 13.8. The summed E-state index contributed by atoms with van der Waals surface area (Å²) in [7, 11) is 0. The number of ether oxygens (including phenoxy) is 3. The number of rotatable bonds is 16. The molecule has 0 aromatic heterocycles. The average Bonchev–Trinajstić information content (AvgIpc) is 3.54. The van der Waals surface area contributed by atoms with Gasteiger partial charge in [-0.2, -0.15) is 0 Å². The fourth-order valence-electron chi connectivity index (χ4n) is 4.97. The number of hydrazine groups is 1. The normalized spacial score (nSPS) is 15.9. The van der Waals surface area contributed by atoms with Crippen LogP contribution in [0.4, 0.5) is 4.79 Å². The van der Waals surface area contributed by atoms with E-state index in [-0.39, 0.29) is 45.8 Å². The molecule has 0 aliphatic carbocycles. The van der Waals surface area contributed by atoms with Gasteiger partial charge in [0, 0.05) is 13.1 Å². The van der Waals surface area contributed by atoms with Gasteiger partial charge < -0.3 is 35.5 Å². The van der Waals surface area contributed by atoms with Crippen LogP contribution in [0.2, 0.25) is 0 Å². The number of nitrogens with two attached hydrogens (primary N) is 1. The fraction of sp³-hybridized carbons (Fsp3) is 0.485. The number of esters is 1. The number of benzene rings is 2. The molecule has 3 atom stereocenters. The molecule has 0 bridgehead atoms. The summed E-state index contributed by atoms with van der Waals surface area (Å²) in [6, 6.07) is 15.1. The molecule has 1 fully saturated rings. The van der Waals surface area contributed by atoms with Crippen LogP contribution in [0.15, 0.2) is 65.7 Å². The highest BCUT2D eigenvalue weighted by atomic mass is 16.7. The number of nitrogens with zero attached hydrogens (tertiary/aromatic N) is 3. The summed E-state index contributed by atoms with van der Waals surface area (Å²) in [6.45, 7) is 5.34. The summed E-state index contributed by atoms with van der Waals surface area (Å²) in [5.41, 5.74) is 8.01. The van der Waals surface area contributed by atoms with Crippen molar-refractivity contribution in [2.45, 2.75) is 83.4 Å². The molecule has 16 nitrogen and oxygen atoms in total. The Hall–Kier alpha value is -5.25. The van der Waals surface area contributed by atoms with Crippen molar-refractivity contribution in [3.05, 3.63) is 81.9 Å². The van der Waals surface area contributed by atoms with Gasteiger partial charge in [-0.1, -0.05) is 66.1 Å². The Morgan fingerprint density at radius 3 is 2.24 bits per heavy atom. The van der Waals surface area contributed by atoms with E-state index in [1.54, 1.807) is 50.5 Å². The van der Waals surface area contributed by atoms with Gasteiger partial charge in [-0.3, -0.25) is 9.59 Å². The van der Waals surface area contributed by atoms with Gasteiger partial charge in [0.2, 0.25) is 11.8 Å². The number of hydrogen-bond donors (Lipinski definition) is 4. The first-order chi connectivity index (χ1) is 23.3. The highest BCUT2D eigenvalue weighted by molar-refractivity contribution is 5.93. The lowest BCUT2D eigenvalue weighted by Gasteiger charge is -2.30. The summed E-state index contributed by atoms with van der Waals surface area (Å²) in [4.78, 5) is 69.2. The summed E-state index contributed by atoms with van der Waals surface area (Å²) in [5, 5.41) is 15.0. The number of carbonyl (C=O) groups is 4. The Kier molecular flexibility index (Phi) is 14.8. The number of hydrogen-bond acceptors (Lipinski definition) is 10. The molecule has 1 heterocycles. The van der Waals surface area contributed by atoms with Crippen LogP contribution in [0.25, 0.3) is 0 Å². The topological polar surface area (TPSA) is 217 Å². The van der Waals surface area contributed by atoms with E-state index in [1.165, 1.54) is 4.90 Å². The molecule has 266 valence electrons. The van der Waals surface area contributed by atoms with Crippen molar-refractivity contribution in [1.29, 1.82) is 0 Å². The van der Waals surface area contributed by atoms with Crippen LogP contribution in [0.3, 0.4) is 0 Å². The van der Waals surface area contributed by atoms with Crippen molar-refractivity contribution in [3.63, 3.8) is 0 Å². The molecule has 2 aromatic rings. The number of aliphatic imine (C=N–C) groups is 1. The van der Waals surface area contributed by atoms with Crippen LogP contribution >= 0.6 is 0 Å². The first kappa shape index (κ1) is 38.2. The first-order valence-corrected chi connectivity index (χ1v) is 16.0.